The van der Waals surface area contributed by atoms with Crippen LogP contribution in [0.1, 0.15) is 15.9 Å². The summed E-state index contributed by atoms with van der Waals surface area (Å²) in [7, 11) is 0. The third-order valence-corrected chi connectivity index (χ3v) is 4.52. The molecule has 0 aliphatic carbocycles. The number of nitro benzene ring substituents is 1. The molecule has 0 fully saturated rings. The molecule has 4 rings (SSSR count). The molecular weight excluding hydrogens is 394 g/mol. The lowest BCUT2D eigenvalue weighted by molar-refractivity contribution is -0.384. The predicted molar refractivity (Wildman–Crippen MR) is 117 cm³/mol. The van der Waals surface area contributed by atoms with E-state index in [1.54, 1.807) is 47.3 Å². The number of hydrogen-bond donors (Lipinski definition) is 1. The van der Waals surface area contributed by atoms with Gasteiger partial charge in [-0.2, -0.15) is 10.2 Å². The zero-order valence-corrected chi connectivity index (χ0v) is 16.3. The number of amides is 1. The van der Waals surface area contributed by atoms with E-state index in [4.69, 9.17) is 0 Å². The average molecular weight is 411 g/mol. The van der Waals surface area contributed by atoms with E-state index in [1.807, 2.05) is 36.4 Å². The molecule has 0 saturated heterocycles. The summed E-state index contributed by atoms with van der Waals surface area (Å²) >= 11 is 0. The van der Waals surface area contributed by atoms with E-state index in [1.165, 1.54) is 18.3 Å². The first kappa shape index (κ1) is 19.7. The minimum absolute atomic E-state index is 0.00426. The third-order valence-electron chi connectivity index (χ3n) is 4.52. The van der Waals surface area contributed by atoms with E-state index in [0.717, 1.165) is 5.56 Å². The lowest BCUT2D eigenvalue weighted by Crippen LogP contribution is -2.17. The molecular formula is C23H17N5O3. The lowest BCUT2D eigenvalue weighted by Gasteiger charge is -2.01. The molecule has 0 saturated carbocycles. The van der Waals surface area contributed by atoms with Gasteiger partial charge in [0.25, 0.3) is 11.6 Å². The van der Waals surface area contributed by atoms with E-state index in [0.29, 0.717) is 22.5 Å². The first-order valence-corrected chi connectivity index (χ1v) is 9.40. The Morgan fingerprint density at radius 2 is 1.61 bits per heavy atom. The zero-order valence-electron chi connectivity index (χ0n) is 16.3. The van der Waals surface area contributed by atoms with Crippen LogP contribution in [0.2, 0.25) is 0 Å². The van der Waals surface area contributed by atoms with E-state index >= 15 is 0 Å². The number of nitrogens with one attached hydrogen (secondary N) is 1. The van der Waals surface area contributed by atoms with Crippen LogP contribution in [-0.4, -0.2) is 26.8 Å². The second-order valence-corrected chi connectivity index (χ2v) is 6.58. The van der Waals surface area contributed by atoms with Gasteiger partial charge in [0.2, 0.25) is 0 Å². The Morgan fingerprint density at radius 3 is 2.26 bits per heavy atom. The van der Waals surface area contributed by atoms with Crippen molar-refractivity contribution in [3.63, 3.8) is 0 Å². The van der Waals surface area contributed by atoms with Gasteiger partial charge in [0, 0.05) is 35.0 Å². The molecule has 0 radical (unpaired) electrons. The molecule has 0 bridgehead atoms. The van der Waals surface area contributed by atoms with Gasteiger partial charge in [0.15, 0.2) is 0 Å². The molecule has 1 aromatic heterocycles. The first-order chi connectivity index (χ1) is 15.1. The van der Waals surface area contributed by atoms with Gasteiger partial charge in [0.1, 0.15) is 5.69 Å². The Morgan fingerprint density at radius 1 is 0.968 bits per heavy atom. The Kier molecular flexibility index (Phi) is 5.62. The second kappa shape index (κ2) is 8.83. The van der Waals surface area contributed by atoms with E-state index in [9.17, 15) is 14.9 Å². The maximum atomic E-state index is 12.2. The Hall–Kier alpha value is -4.59. The van der Waals surface area contributed by atoms with Crippen LogP contribution in [0.4, 0.5) is 5.69 Å². The predicted octanol–water partition coefficient (Wildman–Crippen LogP) is 4.21. The van der Waals surface area contributed by atoms with Crippen LogP contribution >= 0.6 is 0 Å². The Labute approximate surface area is 177 Å². The summed E-state index contributed by atoms with van der Waals surface area (Å²) in [6, 6.07) is 24.4. The van der Waals surface area contributed by atoms with Crippen molar-refractivity contribution in [1.29, 1.82) is 0 Å². The molecule has 0 aliphatic rings. The van der Waals surface area contributed by atoms with Crippen LogP contribution in [0.5, 0.6) is 0 Å². The van der Waals surface area contributed by atoms with Gasteiger partial charge in [-0.15, -0.1) is 0 Å². The summed E-state index contributed by atoms with van der Waals surface area (Å²) in [5.74, 6) is -0.319. The summed E-state index contributed by atoms with van der Waals surface area (Å²) in [5, 5.41) is 19.6. The van der Waals surface area contributed by atoms with Crippen molar-refractivity contribution in [2.45, 2.75) is 0 Å². The summed E-state index contributed by atoms with van der Waals surface area (Å²) in [6.45, 7) is 0. The molecule has 8 heteroatoms. The monoisotopic (exact) mass is 411 g/mol. The van der Waals surface area contributed by atoms with Crippen molar-refractivity contribution in [3.8, 4) is 16.9 Å². The number of carbonyl (C=O) groups is 1. The van der Waals surface area contributed by atoms with Crippen molar-refractivity contribution in [3.05, 3.63) is 112 Å². The number of aromatic nitrogens is 2. The van der Waals surface area contributed by atoms with E-state index in [2.05, 4.69) is 15.6 Å². The molecule has 152 valence electrons. The quantitative estimate of drug-likeness (QED) is 0.292. The highest BCUT2D eigenvalue weighted by molar-refractivity contribution is 5.95. The smallest absolute Gasteiger partial charge is 0.267 e. The van der Waals surface area contributed by atoms with Crippen molar-refractivity contribution < 1.29 is 9.72 Å². The molecule has 0 aliphatic heterocycles. The number of nitrogens with zero attached hydrogens (tertiary/aromatic N) is 4. The lowest BCUT2D eigenvalue weighted by atomic mass is 10.1. The van der Waals surface area contributed by atoms with Crippen molar-refractivity contribution in [1.82, 2.24) is 15.2 Å². The van der Waals surface area contributed by atoms with Gasteiger partial charge in [-0.05, 0) is 24.3 Å². The number of nitro groups is 1. The highest BCUT2D eigenvalue weighted by Crippen LogP contribution is 2.23. The van der Waals surface area contributed by atoms with Crippen molar-refractivity contribution in [2.24, 2.45) is 5.10 Å². The fourth-order valence-electron chi connectivity index (χ4n) is 2.98. The molecule has 0 spiro atoms. The number of non-ortho nitro benzene ring substituents is 1. The topological polar surface area (TPSA) is 102 Å². The average Bonchev–Trinajstić information content (AvgIpc) is 3.24. The Bertz CT molecular complexity index is 1230. The molecule has 3 aromatic carbocycles. The fourth-order valence-corrected chi connectivity index (χ4v) is 2.98. The van der Waals surface area contributed by atoms with E-state index < -0.39 is 4.92 Å². The third kappa shape index (κ3) is 4.54. The largest absolute Gasteiger partial charge is 0.271 e. The SMILES string of the molecule is O=C(N/N=C\c1cn(-c2ccc([N+](=O)[O-])cc2)nc1-c1ccccc1)c1ccccc1. The van der Waals surface area contributed by atoms with E-state index in [-0.39, 0.29) is 11.6 Å². The molecule has 31 heavy (non-hydrogen) atoms. The fraction of sp³-hybridized carbons (Fsp3) is 0. The van der Waals surface area contributed by atoms with Gasteiger partial charge in [-0.25, -0.2) is 10.1 Å². The maximum absolute atomic E-state index is 12.2. The molecule has 1 amide bonds. The van der Waals surface area contributed by atoms with Crippen molar-refractivity contribution in [2.75, 3.05) is 0 Å². The molecule has 1 heterocycles. The first-order valence-electron chi connectivity index (χ1n) is 9.40. The highest BCUT2D eigenvalue weighted by Gasteiger charge is 2.12. The van der Waals surface area contributed by atoms with Gasteiger partial charge in [-0.1, -0.05) is 48.5 Å². The molecule has 0 atom stereocenters. The molecule has 8 nitrogen and oxygen atoms in total. The summed E-state index contributed by atoms with van der Waals surface area (Å²) in [4.78, 5) is 22.7. The number of hydrazone groups is 1. The van der Waals surface area contributed by atoms with Crippen LogP contribution < -0.4 is 5.43 Å². The number of benzene rings is 3. The van der Waals surface area contributed by atoms with Gasteiger partial charge in [0.05, 0.1) is 16.8 Å². The minimum Gasteiger partial charge on any atom is -0.267 e. The maximum Gasteiger partial charge on any atom is 0.271 e. The second-order valence-electron chi connectivity index (χ2n) is 6.58. The number of rotatable bonds is 6. The van der Waals surface area contributed by atoms with Gasteiger partial charge >= 0.3 is 0 Å². The summed E-state index contributed by atoms with van der Waals surface area (Å²) in [6.07, 6.45) is 3.28. The van der Waals surface area contributed by atoms with Crippen LogP contribution in [-0.2, 0) is 0 Å². The van der Waals surface area contributed by atoms with Crippen LogP contribution in [0.25, 0.3) is 16.9 Å². The van der Waals surface area contributed by atoms with Crippen LogP contribution in [0.3, 0.4) is 0 Å². The number of hydrogen-bond acceptors (Lipinski definition) is 5. The molecule has 1 N–H and O–H groups in total. The van der Waals surface area contributed by atoms with Crippen molar-refractivity contribution >= 4 is 17.8 Å². The standard InChI is InChI=1S/C23H17N5O3/c29-23(18-9-5-2-6-10-18)25-24-15-19-16-27(20-11-13-21(14-12-20)28(30)31)26-22(19)17-7-3-1-4-8-17/h1-16H,(H,25,29)/b24-15-. The highest BCUT2D eigenvalue weighted by atomic mass is 16.6. The molecule has 0 unspecified atom stereocenters. The number of carbonyl (C=O) groups excluding carboxylic acids is 1. The summed E-state index contributed by atoms with van der Waals surface area (Å²) in [5.41, 5.74) is 5.90. The minimum atomic E-state index is -0.449. The van der Waals surface area contributed by atoms with Gasteiger partial charge < -0.3 is 0 Å². The van der Waals surface area contributed by atoms with Crippen LogP contribution in [0.15, 0.2) is 96.2 Å². The summed E-state index contributed by atoms with van der Waals surface area (Å²) < 4.78 is 1.62. The van der Waals surface area contributed by atoms with Crippen LogP contribution in [0, 0.1) is 10.1 Å². The Balaban J connectivity index is 1.64. The van der Waals surface area contributed by atoms with Gasteiger partial charge in [-0.3, -0.25) is 14.9 Å². The molecule has 4 aromatic rings. The zero-order chi connectivity index (χ0) is 21.6. The normalized spacial score (nSPS) is 10.8.